The van der Waals surface area contributed by atoms with Crippen LogP contribution in [-0.2, 0) is 14.4 Å². The summed E-state index contributed by atoms with van der Waals surface area (Å²) in [5, 5.41) is 18.3. The van der Waals surface area contributed by atoms with E-state index in [9.17, 15) is 19.5 Å². The van der Waals surface area contributed by atoms with Crippen molar-refractivity contribution in [2.45, 2.75) is 77.2 Å². The van der Waals surface area contributed by atoms with Gasteiger partial charge in [-0.3, -0.25) is 9.59 Å². The Kier molecular flexibility index (Phi) is 23.0. The number of nitrogens with two attached hydrogens (primary N) is 2. The Bertz CT molecular complexity index is 327. The number of carboxylic acids is 2. The summed E-state index contributed by atoms with van der Waals surface area (Å²) in [6.07, 6.45) is 8.66. The van der Waals surface area contributed by atoms with Crippen LogP contribution in [0, 0.1) is 0 Å². The van der Waals surface area contributed by atoms with Gasteiger partial charge in [0.05, 0.1) is 5.97 Å². The van der Waals surface area contributed by atoms with E-state index in [4.69, 9.17) is 16.6 Å². The minimum absolute atomic E-state index is 0. The second-order valence-electron chi connectivity index (χ2n) is 5.20. The molecule has 8 heteroatoms. The largest absolute Gasteiger partial charge is 1.00 e. The van der Waals surface area contributed by atoms with Crippen molar-refractivity contribution in [1.29, 1.82) is 0 Å². The van der Waals surface area contributed by atoms with Crippen molar-refractivity contribution < 1.29 is 54.2 Å². The van der Waals surface area contributed by atoms with Crippen molar-refractivity contribution in [2.75, 3.05) is 0 Å². The average molecular weight is 340 g/mol. The first kappa shape index (κ1) is 27.2. The molecule has 0 heterocycles. The summed E-state index contributed by atoms with van der Waals surface area (Å²) in [5.41, 5.74) is 9.73. The molecule has 0 unspecified atom stereocenters. The number of unbranched alkanes of at least 4 members (excludes halogenated alkanes) is 6. The van der Waals surface area contributed by atoms with E-state index in [1.54, 1.807) is 0 Å². The molecule has 0 bridgehead atoms. The summed E-state index contributed by atoms with van der Waals surface area (Å²) in [4.78, 5) is 30.1. The van der Waals surface area contributed by atoms with Crippen molar-refractivity contribution >= 4 is 17.8 Å². The maximum absolute atomic E-state index is 10.1. The van der Waals surface area contributed by atoms with Gasteiger partial charge in [-0.2, -0.15) is 0 Å². The van der Waals surface area contributed by atoms with Gasteiger partial charge in [0.1, 0.15) is 0 Å². The van der Waals surface area contributed by atoms with Crippen LogP contribution < -0.4 is 46.1 Å². The second-order valence-corrected chi connectivity index (χ2v) is 5.20. The molecular formula is C15H29N2NaO5. The Labute approximate surface area is 160 Å². The molecule has 1 atom stereocenters. The van der Waals surface area contributed by atoms with Crippen LogP contribution in [0.4, 0.5) is 0 Å². The number of carbonyl (C=O) groups is 3. The van der Waals surface area contributed by atoms with Crippen LogP contribution in [0.15, 0.2) is 0 Å². The summed E-state index contributed by atoms with van der Waals surface area (Å²) in [5.74, 6) is -2.58. The third-order valence-electron chi connectivity index (χ3n) is 3.00. The molecule has 0 saturated carbocycles. The maximum Gasteiger partial charge on any atom is 1.00 e. The first-order chi connectivity index (χ1) is 10.3. The van der Waals surface area contributed by atoms with E-state index in [0.717, 1.165) is 12.8 Å². The summed E-state index contributed by atoms with van der Waals surface area (Å²) in [6.45, 7) is 2.20. The van der Waals surface area contributed by atoms with E-state index < -0.39 is 23.9 Å². The molecule has 5 N–H and O–H groups in total. The summed E-state index contributed by atoms with van der Waals surface area (Å²) in [7, 11) is 0. The van der Waals surface area contributed by atoms with E-state index in [1.165, 1.54) is 32.1 Å². The van der Waals surface area contributed by atoms with E-state index in [2.05, 4.69) is 6.92 Å². The third kappa shape index (κ3) is 26.6. The first-order valence-electron chi connectivity index (χ1n) is 7.77. The number of primary amides is 1. The number of aliphatic carboxylic acids is 2. The molecule has 0 radical (unpaired) electrons. The normalized spacial score (nSPS) is 10.7. The van der Waals surface area contributed by atoms with Crippen LogP contribution in [-0.4, -0.2) is 29.0 Å². The van der Waals surface area contributed by atoms with Gasteiger partial charge in [0.15, 0.2) is 0 Å². The number of hydrogen-bond donors (Lipinski definition) is 3. The van der Waals surface area contributed by atoms with Crippen molar-refractivity contribution in [3.63, 3.8) is 0 Å². The topological polar surface area (TPSA) is 147 Å². The van der Waals surface area contributed by atoms with Gasteiger partial charge in [-0.15, -0.1) is 0 Å². The number of amides is 1. The molecule has 0 fully saturated rings. The predicted octanol–water partition coefficient (Wildman–Crippen LogP) is -2.46. The Hall–Kier alpha value is -0.630. The van der Waals surface area contributed by atoms with Crippen molar-refractivity contribution in [3.05, 3.63) is 0 Å². The zero-order valence-corrected chi connectivity index (χ0v) is 16.4. The van der Waals surface area contributed by atoms with Gasteiger partial charge in [-0.1, -0.05) is 45.4 Å². The molecule has 0 aromatic carbocycles. The minimum atomic E-state index is -1.36. The van der Waals surface area contributed by atoms with Gasteiger partial charge in [0.2, 0.25) is 5.91 Å². The summed E-state index contributed by atoms with van der Waals surface area (Å²) in [6, 6.07) is -1.09. The SMILES string of the molecule is CCCCCCCCCC(=O)O.NC(=O)CC[C@H](N)C(=O)[O-].[Na+]. The van der Waals surface area contributed by atoms with E-state index in [-0.39, 0.29) is 42.4 Å². The van der Waals surface area contributed by atoms with Gasteiger partial charge >= 0.3 is 35.5 Å². The standard InChI is InChI=1S/C10H20O2.C5H10N2O3.Na/c1-2-3-4-5-6-7-8-9-10(11)12;6-3(5(9)10)1-2-4(7)8;/h2-9H2,1H3,(H,11,12);3H,1-2,6H2,(H2,7,8)(H,9,10);/q;;+1/p-1/t;3-;/m.0./s1. The Morgan fingerprint density at radius 1 is 1.00 bits per heavy atom. The van der Waals surface area contributed by atoms with E-state index in [0.29, 0.717) is 6.42 Å². The van der Waals surface area contributed by atoms with Crippen LogP contribution in [0.3, 0.4) is 0 Å². The quantitative estimate of drug-likeness (QED) is 0.265. The molecule has 0 aromatic heterocycles. The number of rotatable bonds is 12. The number of carboxylic acid groups (broad SMARTS) is 2. The number of hydrogen-bond acceptors (Lipinski definition) is 5. The Balaban J connectivity index is -0.000000338. The van der Waals surface area contributed by atoms with Crippen LogP contribution in [0.25, 0.3) is 0 Å². The van der Waals surface area contributed by atoms with Gasteiger partial charge < -0.3 is 26.5 Å². The predicted molar refractivity (Wildman–Crippen MR) is 81.7 cm³/mol. The summed E-state index contributed by atoms with van der Waals surface area (Å²) >= 11 is 0. The molecule has 0 rings (SSSR count). The van der Waals surface area contributed by atoms with Crippen LogP contribution in [0.2, 0.25) is 0 Å². The van der Waals surface area contributed by atoms with Crippen molar-refractivity contribution in [1.82, 2.24) is 0 Å². The fourth-order valence-corrected chi connectivity index (χ4v) is 1.65. The van der Waals surface area contributed by atoms with Crippen molar-refractivity contribution in [3.8, 4) is 0 Å². The maximum atomic E-state index is 10.1. The van der Waals surface area contributed by atoms with Crippen LogP contribution >= 0.6 is 0 Å². The van der Waals surface area contributed by atoms with Crippen molar-refractivity contribution in [2.24, 2.45) is 11.5 Å². The zero-order valence-electron chi connectivity index (χ0n) is 14.4. The molecule has 0 aliphatic heterocycles. The Morgan fingerprint density at radius 3 is 1.87 bits per heavy atom. The van der Waals surface area contributed by atoms with E-state index >= 15 is 0 Å². The molecule has 0 aliphatic rings. The zero-order chi connectivity index (χ0) is 17.4. The van der Waals surface area contributed by atoms with Crippen LogP contribution in [0.5, 0.6) is 0 Å². The number of carbonyl (C=O) groups excluding carboxylic acids is 2. The molecule has 130 valence electrons. The fraction of sp³-hybridized carbons (Fsp3) is 0.800. The molecule has 0 aliphatic carbocycles. The minimum Gasteiger partial charge on any atom is -0.548 e. The van der Waals surface area contributed by atoms with E-state index in [1.807, 2.05) is 0 Å². The molecule has 23 heavy (non-hydrogen) atoms. The molecule has 0 spiro atoms. The molecule has 0 aromatic rings. The molecule has 1 amide bonds. The monoisotopic (exact) mass is 340 g/mol. The molecular weight excluding hydrogens is 311 g/mol. The first-order valence-corrected chi connectivity index (χ1v) is 7.77. The Morgan fingerprint density at radius 2 is 1.48 bits per heavy atom. The molecule has 0 saturated heterocycles. The smallest absolute Gasteiger partial charge is 0.548 e. The molecule has 7 nitrogen and oxygen atoms in total. The van der Waals surface area contributed by atoms with Crippen LogP contribution in [0.1, 0.15) is 71.1 Å². The van der Waals surface area contributed by atoms with Gasteiger partial charge in [0.25, 0.3) is 0 Å². The fourth-order valence-electron chi connectivity index (χ4n) is 1.65. The summed E-state index contributed by atoms with van der Waals surface area (Å²) < 4.78 is 0. The van der Waals surface area contributed by atoms with Gasteiger partial charge in [-0.25, -0.2) is 0 Å². The third-order valence-corrected chi connectivity index (χ3v) is 3.00. The average Bonchev–Trinajstić information content (AvgIpc) is 2.44. The van der Waals surface area contributed by atoms with Gasteiger partial charge in [-0.05, 0) is 12.8 Å². The van der Waals surface area contributed by atoms with Gasteiger partial charge in [0, 0.05) is 18.9 Å². The second kappa shape index (κ2) is 19.4.